The van der Waals surface area contributed by atoms with E-state index in [1.54, 1.807) is 0 Å². The second-order valence-electron chi connectivity index (χ2n) is 5.51. The highest BCUT2D eigenvalue weighted by Crippen LogP contribution is 2.19. The van der Waals surface area contributed by atoms with Gasteiger partial charge in [-0.1, -0.05) is 13.3 Å². The van der Waals surface area contributed by atoms with E-state index in [2.05, 4.69) is 17.6 Å². The molecule has 0 aromatic carbocycles. The molecule has 0 aliphatic carbocycles. The first-order valence-corrected chi connectivity index (χ1v) is 7.41. The number of rotatable bonds is 5. The molecule has 2 heterocycles. The molecule has 2 aliphatic rings. The van der Waals surface area contributed by atoms with E-state index in [-0.39, 0.29) is 12.0 Å². The highest BCUT2D eigenvalue weighted by atomic mass is 16.5. The molecule has 4 nitrogen and oxygen atoms in total. The molecule has 2 aliphatic heterocycles. The third kappa shape index (κ3) is 3.95. The van der Waals surface area contributed by atoms with Crippen LogP contribution in [0.15, 0.2) is 0 Å². The van der Waals surface area contributed by atoms with E-state index in [0.717, 1.165) is 32.5 Å². The average Bonchev–Trinajstić information content (AvgIpc) is 2.89. The Hall–Kier alpha value is -0.610. The fourth-order valence-corrected chi connectivity index (χ4v) is 3.06. The highest BCUT2D eigenvalue weighted by Gasteiger charge is 2.24. The van der Waals surface area contributed by atoms with Crippen molar-refractivity contribution in [3.05, 3.63) is 0 Å². The molecule has 104 valence electrons. The molecule has 0 spiro atoms. The van der Waals surface area contributed by atoms with Crippen LogP contribution in [0.3, 0.4) is 0 Å². The predicted molar refractivity (Wildman–Crippen MR) is 71.4 cm³/mol. The minimum Gasteiger partial charge on any atom is -0.378 e. The lowest BCUT2D eigenvalue weighted by Crippen LogP contribution is -2.48. The Morgan fingerprint density at radius 2 is 2.28 bits per heavy atom. The van der Waals surface area contributed by atoms with Crippen LogP contribution in [-0.2, 0) is 9.53 Å². The molecule has 2 rings (SSSR count). The van der Waals surface area contributed by atoms with E-state index in [0.29, 0.717) is 18.4 Å². The van der Waals surface area contributed by atoms with E-state index >= 15 is 0 Å². The second-order valence-corrected chi connectivity index (χ2v) is 5.51. The Morgan fingerprint density at radius 1 is 1.39 bits per heavy atom. The summed E-state index contributed by atoms with van der Waals surface area (Å²) in [5, 5.41) is 6.59. The Bertz CT molecular complexity index is 265. The summed E-state index contributed by atoms with van der Waals surface area (Å²) >= 11 is 0. The van der Waals surface area contributed by atoms with Crippen LogP contribution in [0.5, 0.6) is 0 Å². The summed E-state index contributed by atoms with van der Waals surface area (Å²) in [6, 6.07) is 0.456. The van der Waals surface area contributed by atoms with Crippen molar-refractivity contribution in [1.29, 1.82) is 0 Å². The normalized spacial score (nSPS) is 32.4. The van der Waals surface area contributed by atoms with Crippen molar-refractivity contribution in [3.8, 4) is 0 Å². The van der Waals surface area contributed by atoms with Crippen LogP contribution in [0, 0.1) is 5.92 Å². The maximum Gasteiger partial charge on any atom is 0.222 e. The van der Waals surface area contributed by atoms with Gasteiger partial charge in [0.1, 0.15) is 0 Å². The lowest BCUT2D eigenvalue weighted by atomic mass is 9.88. The largest absolute Gasteiger partial charge is 0.378 e. The molecule has 3 atom stereocenters. The van der Waals surface area contributed by atoms with Gasteiger partial charge in [0.2, 0.25) is 5.91 Å². The zero-order valence-electron chi connectivity index (χ0n) is 11.4. The molecule has 0 bridgehead atoms. The van der Waals surface area contributed by atoms with Crippen molar-refractivity contribution in [1.82, 2.24) is 10.6 Å². The van der Waals surface area contributed by atoms with Crippen molar-refractivity contribution in [2.75, 3.05) is 19.7 Å². The third-order valence-corrected chi connectivity index (χ3v) is 4.21. The summed E-state index contributed by atoms with van der Waals surface area (Å²) < 4.78 is 5.48. The van der Waals surface area contributed by atoms with Crippen LogP contribution >= 0.6 is 0 Å². The number of nitrogens with one attached hydrogen (secondary N) is 2. The third-order valence-electron chi connectivity index (χ3n) is 4.21. The lowest BCUT2D eigenvalue weighted by molar-refractivity contribution is -0.123. The molecule has 0 aromatic rings. The molecule has 3 unspecified atom stereocenters. The molecule has 0 radical (unpaired) electrons. The van der Waals surface area contributed by atoms with E-state index in [1.807, 2.05) is 0 Å². The van der Waals surface area contributed by atoms with Crippen LogP contribution in [0.4, 0.5) is 0 Å². The van der Waals surface area contributed by atoms with Crippen molar-refractivity contribution < 1.29 is 9.53 Å². The highest BCUT2D eigenvalue weighted by molar-refractivity contribution is 5.76. The maximum atomic E-state index is 11.8. The van der Waals surface area contributed by atoms with Gasteiger partial charge in [-0.2, -0.15) is 0 Å². The number of amides is 1. The average molecular weight is 254 g/mol. The number of hydrogen-bond acceptors (Lipinski definition) is 3. The Labute approximate surface area is 110 Å². The standard InChI is InChI=1S/C14H26N2O2/c1-2-11-5-3-7-15-13(11)10-16-14(17)9-12-6-4-8-18-12/h11-13,15H,2-10H2,1H3,(H,16,17). The Morgan fingerprint density at radius 3 is 3.00 bits per heavy atom. The summed E-state index contributed by atoms with van der Waals surface area (Å²) in [4.78, 5) is 11.8. The van der Waals surface area contributed by atoms with Gasteiger partial charge in [0.25, 0.3) is 0 Å². The van der Waals surface area contributed by atoms with Crippen LogP contribution in [0.2, 0.25) is 0 Å². The quantitative estimate of drug-likeness (QED) is 0.781. The van der Waals surface area contributed by atoms with Gasteiger partial charge >= 0.3 is 0 Å². The maximum absolute atomic E-state index is 11.8. The summed E-state index contributed by atoms with van der Waals surface area (Å²) in [7, 11) is 0. The van der Waals surface area contributed by atoms with Crippen molar-refractivity contribution >= 4 is 5.91 Å². The van der Waals surface area contributed by atoms with Gasteiger partial charge in [-0.05, 0) is 38.1 Å². The first kappa shape index (κ1) is 13.8. The lowest BCUT2D eigenvalue weighted by Gasteiger charge is -2.32. The topological polar surface area (TPSA) is 50.4 Å². The smallest absolute Gasteiger partial charge is 0.222 e. The van der Waals surface area contributed by atoms with Gasteiger partial charge in [-0.3, -0.25) is 4.79 Å². The van der Waals surface area contributed by atoms with Gasteiger partial charge in [0, 0.05) is 19.2 Å². The Balaban J connectivity index is 1.67. The molecule has 18 heavy (non-hydrogen) atoms. The summed E-state index contributed by atoms with van der Waals surface area (Å²) in [6.45, 7) is 4.91. The molecule has 2 fully saturated rings. The van der Waals surface area contributed by atoms with Crippen molar-refractivity contribution in [2.45, 2.75) is 57.6 Å². The van der Waals surface area contributed by atoms with E-state index in [4.69, 9.17) is 4.74 Å². The van der Waals surface area contributed by atoms with Crippen LogP contribution in [0.25, 0.3) is 0 Å². The van der Waals surface area contributed by atoms with Crippen molar-refractivity contribution in [2.24, 2.45) is 5.92 Å². The molecule has 2 saturated heterocycles. The molecular weight excluding hydrogens is 228 g/mol. The molecule has 1 amide bonds. The summed E-state index contributed by atoms with van der Waals surface area (Å²) in [6.07, 6.45) is 6.57. The molecule has 0 saturated carbocycles. The molecule has 2 N–H and O–H groups in total. The van der Waals surface area contributed by atoms with E-state index < -0.39 is 0 Å². The van der Waals surface area contributed by atoms with Gasteiger partial charge < -0.3 is 15.4 Å². The number of carbonyl (C=O) groups is 1. The first-order chi connectivity index (χ1) is 8.79. The fourth-order valence-electron chi connectivity index (χ4n) is 3.06. The Kier molecular flexibility index (Phi) is 5.45. The van der Waals surface area contributed by atoms with Gasteiger partial charge in [-0.25, -0.2) is 0 Å². The fraction of sp³-hybridized carbons (Fsp3) is 0.929. The van der Waals surface area contributed by atoms with Crippen LogP contribution in [0.1, 0.15) is 45.4 Å². The minimum atomic E-state index is 0.143. The minimum absolute atomic E-state index is 0.143. The molecule has 0 aromatic heterocycles. The molecular formula is C14H26N2O2. The van der Waals surface area contributed by atoms with E-state index in [9.17, 15) is 4.79 Å². The number of carbonyl (C=O) groups excluding carboxylic acids is 1. The number of piperidine rings is 1. The van der Waals surface area contributed by atoms with Crippen LogP contribution in [-0.4, -0.2) is 37.7 Å². The number of ether oxygens (including phenoxy) is 1. The first-order valence-electron chi connectivity index (χ1n) is 7.41. The monoisotopic (exact) mass is 254 g/mol. The zero-order valence-corrected chi connectivity index (χ0v) is 11.4. The van der Waals surface area contributed by atoms with E-state index in [1.165, 1.54) is 19.3 Å². The zero-order chi connectivity index (χ0) is 12.8. The second kappa shape index (κ2) is 7.10. The van der Waals surface area contributed by atoms with Gasteiger partial charge in [0.05, 0.1) is 12.5 Å². The molecule has 4 heteroatoms. The predicted octanol–water partition coefficient (Wildman–Crippen LogP) is 1.45. The summed E-state index contributed by atoms with van der Waals surface area (Å²) in [5.74, 6) is 0.853. The van der Waals surface area contributed by atoms with Crippen LogP contribution < -0.4 is 10.6 Å². The SMILES string of the molecule is CCC1CCCNC1CNC(=O)CC1CCCO1. The number of hydrogen-bond donors (Lipinski definition) is 2. The summed E-state index contributed by atoms with van der Waals surface area (Å²) in [5.41, 5.74) is 0. The van der Waals surface area contributed by atoms with Crippen molar-refractivity contribution in [3.63, 3.8) is 0 Å². The van der Waals surface area contributed by atoms with Gasteiger partial charge in [0.15, 0.2) is 0 Å². The van der Waals surface area contributed by atoms with Gasteiger partial charge in [-0.15, -0.1) is 0 Å².